The van der Waals surface area contributed by atoms with E-state index in [-0.39, 0.29) is 23.9 Å². The van der Waals surface area contributed by atoms with Crippen LogP contribution >= 0.6 is 11.3 Å². The first-order chi connectivity index (χ1) is 20.0. The minimum absolute atomic E-state index is 0.0254. The van der Waals surface area contributed by atoms with Gasteiger partial charge in [-0.15, -0.1) is 0 Å². The maximum atomic E-state index is 15.3. The molecule has 230 valence electrons. The number of allylic oxidation sites excluding steroid dienone is 1. The van der Waals surface area contributed by atoms with E-state index in [2.05, 4.69) is 27.4 Å². The zero-order valence-electron chi connectivity index (χ0n) is 23.5. The lowest BCUT2D eigenvalue weighted by molar-refractivity contribution is -0.125. The summed E-state index contributed by atoms with van der Waals surface area (Å²) in [4.78, 5) is 44.4. The number of nitrogens with two attached hydrogens (primary N) is 1. The van der Waals surface area contributed by atoms with E-state index in [4.69, 9.17) is 10.5 Å². The van der Waals surface area contributed by atoms with Gasteiger partial charge in [0, 0.05) is 37.7 Å². The highest BCUT2D eigenvalue weighted by atomic mass is 32.1. The zero-order valence-corrected chi connectivity index (χ0v) is 24.4. The number of primary amides is 1. The third-order valence-electron chi connectivity index (χ3n) is 9.10. The van der Waals surface area contributed by atoms with Crippen LogP contribution in [0, 0.1) is 23.7 Å². The van der Waals surface area contributed by atoms with E-state index in [9.17, 15) is 23.2 Å². The number of alkyl halides is 3. The smallest absolute Gasteiger partial charge is 0.282 e. The molecular formula is C28H37F3N6O4S. The number of ether oxygens (including phenoxy) is 1. The van der Waals surface area contributed by atoms with E-state index in [0.717, 1.165) is 37.0 Å². The molecule has 3 unspecified atom stereocenters. The van der Waals surface area contributed by atoms with Crippen LogP contribution in [0.1, 0.15) is 49.9 Å². The van der Waals surface area contributed by atoms with E-state index in [1.807, 2.05) is 5.94 Å². The zero-order chi connectivity index (χ0) is 30.1. The Morgan fingerprint density at radius 3 is 2.60 bits per heavy atom. The van der Waals surface area contributed by atoms with Crippen molar-refractivity contribution in [1.82, 2.24) is 20.1 Å². The van der Waals surface area contributed by atoms with Crippen molar-refractivity contribution in [2.45, 2.75) is 56.7 Å². The summed E-state index contributed by atoms with van der Waals surface area (Å²) in [5.41, 5.74) is 3.32. The lowest BCUT2D eigenvalue weighted by Gasteiger charge is -2.42. The number of morpholine rings is 1. The SMILES string of the molecule is CC1CCC([C@H](C(=C=O)Nc2ncc(C(CN3CCOCC3)N3CC(F)(F)CNC3=C=O)s2)C2CC2(F)C(N)=O)CC1. The fourth-order valence-corrected chi connectivity index (χ4v) is 7.52. The first-order valence-electron chi connectivity index (χ1n) is 14.4. The van der Waals surface area contributed by atoms with Gasteiger partial charge < -0.3 is 26.0 Å². The van der Waals surface area contributed by atoms with Crippen molar-refractivity contribution < 1.29 is 32.3 Å². The maximum Gasteiger partial charge on any atom is 0.282 e. The topological polar surface area (TPSA) is 130 Å². The number of thiazole rings is 1. The van der Waals surface area contributed by atoms with Crippen molar-refractivity contribution in [3.8, 4) is 0 Å². The normalized spacial score (nSPS) is 30.8. The van der Waals surface area contributed by atoms with Crippen LogP contribution in [-0.2, 0) is 19.1 Å². The van der Waals surface area contributed by atoms with Gasteiger partial charge in [-0.25, -0.2) is 27.7 Å². The Kier molecular flexibility index (Phi) is 9.01. The summed E-state index contributed by atoms with van der Waals surface area (Å²) in [7, 11) is 0. The molecule has 4 atom stereocenters. The first-order valence-corrected chi connectivity index (χ1v) is 15.3. The fraction of sp³-hybridized carbons (Fsp3) is 0.714. The number of nitrogens with zero attached hydrogens (tertiary/aromatic N) is 3. The molecule has 1 aromatic heterocycles. The van der Waals surface area contributed by atoms with Crippen molar-refractivity contribution in [2.24, 2.45) is 29.4 Å². The lowest BCUT2D eigenvalue weighted by atomic mass is 9.73. The molecule has 14 heteroatoms. The molecule has 0 radical (unpaired) electrons. The number of amides is 1. The van der Waals surface area contributed by atoms with E-state index >= 15 is 4.39 Å². The quantitative estimate of drug-likeness (QED) is 0.342. The molecule has 4 N–H and O–H groups in total. The van der Waals surface area contributed by atoms with Gasteiger partial charge >= 0.3 is 0 Å². The maximum absolute atomic E-state index is 15.3. The molecule has 0 spiro atoms. The molecule has 42 heavy (non-hydrogen) atoms. The van der Waals surface area contributed by atoms with Gasteiger partial charge in [-0.3, -0.25) is 9.69 Å². The second kappa shape index (κ2) is 12.4. The summed E-state index contributed by atoms with van der Waals surface area (Å²) >= 11 is 1.16. The fourth-order valence-electron chi connectivity index (χ4n) is 6.59. The number of rotatable bonds is 10. The Hall–Kier alpha value is -2.89. The average Bonchev–Trinajstić information content (AvgIpc) is 3.44. The van der Waals surface area contributed by atoms with Crippen LogP contribution in [0.25, 0.3) is 0 Å². The van der Waals surface area contributed by atoms with Crippen LogP contribution < -0.4 is 16.4 Å². The third-order valence-corrected chi connectivity index (χ3v) is 10.1. The van der Waals surface area contributed by atoms with Gasteiger partial charge in [0.15, 0.2) is 22.6 Å². The van der Waals surface area contributed by atoms with Crippen molar-refractivity contribution in [3.63, 3.8) is 0 Å². The number of anilines is 1. The number of halogens is 3. The number of carbonyl (C=O) groups excluding carboxylic acids is 3. The van der Waals surface area contributed by atoms with Crippen molar-refractivity contribution >= 4 is 34.3 Å². The summed E-state index contributed by atoms with van der Waals surface area (Å²) < 4.78 is 49.8. The van der Waals surface area contributed by atoms with Gasteiger partial charge in [-0.2, -0.15) is 0 Å². The van der Waals surface area contributed by atoms with Crippen LogP contribution in [0.3, 0.4) is 0 Å². The van der Waals surface area contributed by atoms with Crippen LogP contribution in [0.15, 0.2) is 17.7 Å². The summed E-state index contributed by atoms with van der Waals surface area (Å²) in [6.45, 7) is 3.37. The van der Waals surface area contributed by atoms with Gasteiger partial charge in [-0.05, 0) is 31.1 Å². The molecule has 2 saturated heterocycles. The summed E-state index contributed by atoms with van der Waals surface area (Å²) in [6, 6.07) is -0.664. The van der Waals surface area contributed by atoms with Gasteiger partial charge in [0.2, 0.25) is 0 Å². The van der Waals surface area contributed by atoms with Crippen molar-refractivity contribution in [3.05, 3.63) is 22.6 Å². The van der Waals surface area contributed by atoms with Crippen LogP contribution in [0.4, 0.5) is 18.3 Å². The molecule has 0 bridgehead atoms. The Morgan fingerprint density at radius 2 is 1.98 bits per heavy atom. The highest BCUT2D eigenvalue weighted by molar-refractivity contribution is 7.15. The molecule has 1 aromatic rings. The van der Waals surface area contributed by atoms with Crippen LogP contribution in [0.5, 0.6) is 0 Å². The molecule has 4 aliphatic rings. The van der Waals surface area contributed by atoms with Gasteiger partial charge in [0.05, 0.1) is 37.2 Å². The molecule has 4 fully saturated rings. The number of carbonyl (C=O) groups is 1. The van der Waals surface area contributed by atoms with E-state index in [1.54, 1.807) is 5.94 Å². The molecule has 3 heterocycles. The highest BCUT2D eigenvalue weighted by Gasteiger charge is 2.65. The summed E-state index contributed by atoms with van der Waals surface area (Å²) in [5, 5.41) is 5.85. The Balaban J connectivity index is 1.41. The number of nitrogens with one attached hydrogen (secondary N) is 2. The minimum Gasteiger partial charge on any atom is -0.379 e. The Labute approximate surface area is 246 Å². The highest BCUT2D eigenvalue weighted by Crippen LogP contribution is 2.57. The third kappa shape index (κ3) is 6.53. The number of aromatic nitrogens is 1. The predicted molar refractivity (Wildman–Crippen MR) is 150 cm³/mol. The standard InChI is InChI=1S/C28H37F3N6O4S/c1-17-2-4-18(5-3-17)24(19-10-28(19,31)25(32)40)20(13-38)35-26-33-11-22(42-26)21(12-36-6-8-41-9-7-36)37-16-27(29,30)15-34-23(37)14-39/h11,17-19,21,24,34H,2-10,12,15-16H2,1H3,(H2,32,40)(H,33,35)/t17?,18?,19?,21?,24-,28?/m0/s1. The largest absolute Gasteiger partial charge is 0.379 e. The number of hydrogen-bond acceptors (Lipinski definition) is 10. The molecular weight excluding hydrogens is 573 g/mol. The summed E-state index contributed by atoms with van der Waals surface area (Å²) in [6.07, 6.45) is 4.92. The van der Waals surface area contributed by atoms with Crippen LogP contribution in [-0.4, -0.2) is 90.1 Å². The molecule has 1 amide bonds. The first kappa shape index (κ1) is 30.6. The van der Waals surface area contributed by atoms with Crippen LogP contribution in [0.2, 0.25) is 0 Å². The van der Waals surface area contributed by atoms with E-state index in [0.29, 0.717) is 48.8 Å². The number of hydrogen-bond donors (Lipinski definition) is 3. The average molecular weight is 611 g/mol. The van der Waals surface area contributed by atoms with Gasteiger partial charge in [0.25, 0.3) is 11.8 Å². The van der Waals surface area contributed by atoms with Crippen molar-refractivity contribution in [2.75, 3.05) is 51.3 Å². The molecule has 5 rings (SSSR count). The van der Waals surface area contributed by atoms with Gasteiger partial charge in [-0.1, -0.05) is 31.1 Å². The minimum atomic E-state index is -3.07. The second-order valence-corrected chi connectivity index (χ2v) is 13.1. The van der Waals surface area contributed by atoms with E-state index < -0.39 is 48.5 Å². The second-order valence-electron chi connectivity index (χ2n) is 12.0. The van der Waals surface area contributed by atoms with Gasteiger partial charge in [0.1, 0.15) is 11.6 Å². The predicted octanol–water partition coefficient (Wildman–Crippen LogP) is 2.51. The van der Waals surface area contributed by atoms with E-state index in [1.165, 1.54) is 11.1 Å². The molecule has 0 aromatic carbocycles. The molecule has 10 nitrogen and oxygen atoms in total. The lowest BCUT2D eigenvalue weighted by Crippen LogP contribution is -2.55. The summed E-state index contributed by atoms with van der Waals surface area (Å²) in [5.74, 6) is -1.25. The van der Waals surface area contributed by atoms with Crippen molar-refractivity contribution in [1.29, 1.82) is 0 Å². The Morgan fingerprint density at radius 1 is 1.26 bits per heavy atom. The molecule has 2 aliphatic carbocycles. The molecule has 2 aliphatic heterocycles. The monoisotopic (exact) mass is 610 g/mol. The molecule has 2 saturated carbocycles. The Bertz CT molecular complexity index is 1250.